The van der Waals surface area contributed by atoms with Crippen molar-refractivity contribution in [3.63, 3.8) is 0 Å². The molecule has 0 bridgehead atoms. The van der Waals surface area contributed by atoms with Crippen LogP contribution in [-0.4, -0.2) is 26.4 Å². The molecule has 0 atom stereocenters. The van der Waals surface area contributed by atoms with Gasteiger partial charge in [-0.25, -0.2) is 0 Å². The van der Waals surface area contributed by atoms with E-state index in [9.17, 15) is 0 Å². The first kappa shape index (κ1) is 18.5. The minimum atomic E-state index is 0.706. The monoisotopic (exact) mass is 357 g/mol. The van der Waals surface area contributed by atoms with Crippen molar-refractivity contribution in [3.05, 3.63) is 28.2 Å². The summed E-state index contributed by atoms with van der Waals surface area (Å²) < 4.78 is 12.4. The number of halogens is 1. The summed E-state index contributed by atoms with van der Waals surface area (Å²) in [7, 11) is 0. The Morgan fingerprint density at radius 3 is 2.71 bits per heavy atom. The molecule has 0 aliphatic carbocycles. The summed E-state index contributed by atoms with van der Waals surface area (Å²) in [5.74, 6) is 1.67. The lowest BCUT2D eigenvalue weighted by atomic mass is 10.1. The fraction of sp³-hybridized carbons (Fsp3) is 0.647. The maximum absolute atomic E-state index is 5.77. The molecule has 0 spiro atoms. The van der Waals surface area contributed by atoms with Gasteiger partial charge in [0.25, 0.3) is 0 Å². The summed E-state index contributed by atoms with van der Waals surface area (Å²) in [6.07, 6.45) is 2.15. The van der Waals surface area contributed by atoms with Crippen molar-refractivity contribution in [2.24, 2.45) is 5.92 Å². The third-order valence-electron chi connectivity index (χ3n) is 3.06. The smallest absolute Gasteiger partial charge is 0.123 e. The fourth-order valence-corrected chi connectivity index (χ4v) is 2.24. The fourth-order valence-electron chi connectivity index (χ4n) is 1.83. The van der Waals surface area contributed by atoms with Gasteiger partial charge in [-0.3, -0.25) is 0 Å². The van der Waals surface area contributed by atoms with Crippen LogP contribution >= 0.6 is 15.9 Å². The summed E-state index contributed by atoms with van der Waals surface area (Å²) >= 11 is 3.51. The Hall–Kier alpha value is -0.580. The zero-order valence-electron chi connectivity index (χ0n) is 13.5. The van der Waals surface area contributed by atoms with Gasteiger partial charge in [0.15, 0.2) is 0 Å². The number of hydrogen-bond donors (Lipinski definition) is 1. The van der Waals surface area contributed by atoms with Gasteiger partial charge in [0.2, 0.25) is 0 Å². The van der Waals surface area contributed by atoms with Gasteiger partial charge in [0, 0.05) is 29.7 Å². The minimum absolute atomic E-state index is 0.706. The lowest BCUT2D eigenvalue weighted by molar-refractivity contribution is 0.125. The van der Waals surface area contributed by atoms with Gasteiger partial charge in [-0.15, -0.1) is 0 Å². The van der Waals surface area contributed by atoms with Crippen molar-refractivity contribution in [2.45, 2.75) is 40.2 Å². The molecular weight excluding hydrogens is 330 g/mol. The maximum atomic E-state index is 5.77. The van der Waals surface area contributed by atoms with Crippen LogP contribution in [0.3, 0.4) is 0 Å². The molecule has 0 fully saturated rings. The number of nitrogens with one attached hydrogen (secondary N) is 1. The van der Waals surface area contributed by atoms with Crippen LogP contribution in [0.4, 0.5) is 0 Å². The van der Waals surface area contributed by atoms with Gasteiger partial charge in [0.1, 0.15) is 5.75 Å². The first-order chi connectivity index (χ1) is 10.1. The molecule has 0 heterocycles. The van der Waals surface area contributed by atoms with E-state index in [1.54, 1.807) is 0 Å². The Morgan fingerprint density at radius 1 is 1.19 bits per heavy atom. The molecule has 0 saturated heterocycles. The van der Waals surface area contributed by atoms with Crippen molar-refractivity contribution in [1.82, 2.24) is 5.32 Å². The number of hydrogen-bond acceptors (Lipinski definition) is 3. The van der Waals surface area contributed by atoms with Crippen LogP contribution < -0.4 is 10.1 Å². The highest BCUT2D eigenvalue weighted by atomic mass is 79.9. The summed E-state index contributed by atoms with van der Waals surface area (Å²) in [5, 5.41) is 3.41. The quantitative estimate of drug-likeness (QED) is 0.595. The van der Waals surface area contributed by atoms with Crippen molar-refractivity contribution in [2.75, 3.05) is 26.4 Å². The van der Waals surface area contributed by atoms with Gasteiger partial charge in [-0.2, -0.15) is 0 Å². The maximum Gasteiger partial charge on any atom is 0.123 e. The summed E-state index contributed by atoms with van der Waals surface area (Å²) in [5.41, 5.74) is 1.18. The van der Waals surface area contributed by atoms with Crippen molar-refractivity contribution >= 4 is 15.9 Å². The normalized spacial score (nSPS) is 11.1. The molecule has 0 radical (unpaired) electrons. The molecule has 0 aliphatic heterocycles. The lowest BCUT2D eigenvalue weighted by Gasteiger charge is -2.12. The van der Waals surface area contributed by atoms with Gasteiger partial charge >= 0.3 is 0 Å². The molecule has 21 heavy (non-hydrogen) atoms. The zero-order chi connectivity index (χ0) is 15.5. The van der Waals surface area contributed by atoms with Crippen LogP contribution in [0.25, 0.3) is 0 Å². The first-order valence-electron chi connectivity index (χ1n) is 7.83. The molecule has 0 unspecified atom stereocenters. The van der Waals surface area contributed by atoms with Crippen molar-refractivity contribution < 1.29 is 9.47 Å². The van der Waals surface area contributed by atoms with Crippen LogP contribution in [0.5, 0.6) is 5.75 Å². The van der Waals surface area contributed by atoms with Crippen LogP contribution in [0.1, 0.15) is 39.2 Å². The minimum Gasteiger partial charge on any atom is -0.493 e. The second-order valence-electron chi connectivity index (χ2n) is 5.57. The highest BCUT2D eigenvalue weighted by molar-refractivity contribution is 9.10. The zero-order valence-corrected chi connectivity index (χ0v) is 15.0. The highest BCUT2D eigenvalue weighted by Crippen LogP contribution is 2.23. The molecule has 120 valence electrons. The Balaban J connectivity index is 2.28. The predicted octanol–water partition coefficient (Wildman–Crippen LogP) is 4.39. The van der Waals surface area contributed by atoms with E-state index in [1.807, 2.05) is 12.1 Å². The Kier molecular flexibility index (Phi) is 9.72. The van der Waals surface area contributed by atoms with E-state index < -0.39 is 0 Å². The number of rotatable bonds is 11. The number of ether oxygens (including phenoxy) is 2. The second kappa shape index (κ2) is 11.0. The summed E-state index contributed by atoms with van der Waals surface area (Å²) in [4.78, 5) is 0. The van der Waals surface area contributed by atoms with Gasteiger partial charge in [0.05, 0.1) is 13.2 Å². The summed E-state index contributed by atoms with van der Waals surface area (Å²) in [6, 6.07) is 6.15. The van der Waals surface area contributed by atoms with Crippen LogP contribution in [0.2, 0.25) is 0 Å². The van der Waals surface area contributed by atoms with Gasteiger partial charge in [-0.1, -0.05) is 36.7 Å². The van der Waals surface area contributed by atoms with Crippen LogP contribution in [-0.2, 0) is 11.3 Å². The summed E-state index contributed by atoms with van der Waals surface area (Å²) in [6.45, 7) is 10.6. The van der Waals surface area contributed by atoms with E-state index in [0.717, 1.165) is 56.0 Å². The molecule has 1 aromatic carbocycles. The molecule has 0 saturated carbocycles. The first-order valence-corrected chi connectivity index (χ1v) is 8.62. The average molecular weight is 358 g/mol. The van der Waals surface area contributed by atoms with Crippen LogP contribution in [0.15, 0.2) is 22.7 Å². The molecule has 1 aromatic rings. The molecule has 4 heteroatoms. The molecule has 0 amide bonds. The predicted molar refractivity (Wildman–Crippen MR) is 91.9 cm³/mol. The van der Waals surface area contributed by atoms with E-state index in [0.29, 0.717) is 5.92 Å². The standard InChI is InChI=1S/C17H28BrNO2/c1-4-9-21-17-6-5-16(18)12-15(17)13-19-8-11-20-10-7-14(2)3/h5-6,12,14,19H,4,7-11,13H2,1-3H3. The molecule has 1 rings (SSSR count). The van der Waals surface area contributed by atoms with Gasteiger partial charge < -0.3 is 14.8 Å². The topological polar surface area (TPSA) is 30.5 Å². The lowest BCUT2D eigenvalue weighted by Crippen LogP contribution is -2.20. The van der Waals surface area contributed by atoms with E-state index in [-0.39, 0.29) is 0 Å². The Labute approximate surface area is 137 Å². The van der Waals surface area contributed by atoms with E-state index in [1.165, 1.54) is 5.56 Å². The SMILES string of the molecule is CCCOc1ccc(Br)cc1CNCCOCCC(C)C. The Morgan fingerprint density at radius 2 is 2.00 bits per heavy atom. The highest BCUT2D eigenvalue weighted by Gasteiger charge is 2.04. The van der Waals surface area contributed by atoms with E-state index in [4.69, 9.17) is 9.47 Å². The average Bonchev–Trinajstić information content (AvgIpc) is 2.45. The largest absolute Gasteiger partial charge is 0.493 e. The number of benzene rings is 1. The third-order valence-corrected chi connectivity index (χ3v) is 3.56. The van der Waals surface area contributed by atoms with Crippen molar-refractivity contribution in [3.8, 4) is 5.75 Å². The molecule has 0 aromatic heterocycles. The third kappa shape index (κ3) is 8.44. The Bertz CT molecular complexity index is 396. The second-order valence-corrected chi connectivity index (χ2v) is 6.49. The van der Waals surface area contributed by atoms with E-state index >= 15 is 0 Å². The van der Waals surface area contributed by atoms with Crippen molar-refractivity contribution in [1.29, 1.82) is 0 Å². The molecule has 0 aliphatic rings. The van der Waals surface area contributed by atoms with Gasteiger partial charge in [-0.05, 0) is 37.0 Å². The van der Waals surface area contributed by atoms with Crippen LogP contribution in [0, 0.1) is 5.92 Å². The molecule has 3 nitrogen and oxygen atoms in total. The van der Waals surface area contributed by atoms with E-state index in [2.05, 4.69) is 48.1 Å². The molecular formula is C17H28BrNO2. The molecule has 1 N–H and O–H groups in total.